The summed E-state index contributed by atoms with van der Waals surface area (Å²) in [5.41, 5.74) is 4.34. The lowest BCUT2D eigenvalue weighted by Crippen LogP contribution is -1.98. The molecule has 0 fully saturated rings. The van der Waals surface area contributed by atoms with Gasteiger partial charge in [0.25, 0.3) is 0 Å². The minimum Gasteiger partial charge on any atom is -0.373 e. The third kappa shape index (κ3) is 2.05. The molecule has 0 aliphatic carbocycles. The van der Waals surface area contributed by atoms with Gasteiger partial charge in [-0.1, -0.05) is 11.6 Å². The van der Waals surface area contributed by atoms with Gasteiger partial charge in [-0.05, 0) is 26.0 Å². The zero-order valence-electron chi connectivity index (χ0n) is 11.3. The highest BCUT2D eigenvalue weighted by Gasteiger charge is 2.10. The van der Waals surface area contributed by atoms with E-state index in [0.29, 0.717) is 0 Å². The van der Waals surface area contributed by atoms with Crippen molar-refractivity contribution < 1.29 is 0 Å². The Hall–Kier alpha value is -2.36. The molecule has 96 valence electrons. The van der Waals surface area contributed by atoms with Crippen molar-refractivity contribution in [1.29, 1.82) is 0 Å². The van der Waals surface area contributed by atoms with Crippen LogP contribution >= 0.6 is 0 Å². The van der Waals surface area contributed by atoms with E-state index in [2.05, 4.69) is 45.4 Å². The van der Waals surface area contributed by atoms with Crippen LogP contribution in [0.5, 0.6) is 0 Å². The van der Waals surface area contributed by atoms with Crippen molar-refractivity contribution in [3.8, 4) is 11.4 Å². The van der Waals surface area contributed by atoms with Gasteiger partial charge in [0, 0.05) is 41.5 Å². The first-order chi connectivity index (χ1) is 9.17. The Morgan fingerprint density at radius 2 is 1.95 bits per heavy atom. The van der Waals surface area contributed by atoms with Gasteiger partial charge in [0.05, 0.1) is 0 Å². The summed E-state index contributed by atoms with van der Waals surface area (Å²) >= 11 is 0. The maximum Gasteiger partial charge on any atom is 0.163 e. The average Bonchev–Trinajstić information content (AvgIpc) is 2.80. The zero-order chi connectivity index (χ0) is 13.4. The van der Waals surface area contributed by atoms with Gasteiger partial charge < -0.3 is 10.3 Å². The Kier molecular flexibility index (Phi) is 2.71. The van der Waals surface area contributed by atoms with E-state index in [9.17, 15) is 0 Å². The van der Waals surface area contributed by atoms with E-state index >= 15 is 0 Å². The number of nitrogens with one attached hydrogen (secondary N) is 2. The number of hydrogen-bond donors (Lipinski definition) is 2. The molecule has 0 saturated heterocycles. The average molecular weight is 252 g/mol. The third-order valence-corrected chi connectivity index (χ3v) is 3.19. The van der Waals surface area contributed by atoms with Crippen LogP contribution in [0.2, 0.25) is 0 Å². The van der Waals surface area contributed by atoms with Crippen molar-refractivity contribution in [2.75, 3.05) is 12.4 Å². The summed E-state index contributed by atoms with van der Waals surface area (Å²) in [6, 6.07) is 8.27. The van der Waals surface area contributed by atoms with Gasteiger partial charge in [-0.25, -0.2) is 9.97 Å². The molecule has 0 saturated carbocycles. The quantitative estimate of drug-likeness (QED) is 0.736. The molecule has 0 radical (unpaired) electrons. The molecule has 2 aromatic heterocycles. The van der Waals surface area contributed by atoms with Crippen molar-refractivity contribution in [1.82, 2.24) is 15.0 Å². The second-order valence-corrected chi connectivity index (χ2v) is 4.72. The topological polar surface area (TPSA) is 53.6 Å². The number of aryl methyl sites for hydroxylation is 2. The Balaban J connectivity index is 2.24. The van der Waals surface area contributed by atoms with Gasteiger partial charge in [-0.3, -0.25) is 0 Å². The summed E-state index contributed by atoms with van der Waals surface area (Å²) in [4.78, 5) is 12.3. The molecule has 0 amide bonds. The standard InChI is InChI=1S/C15H16N4/c1-9-4-5-13-11(6-9)12(8-17-13)15-18-10(2)7-14(16-3)19-15/h4-8,17H,1-3H3,(H,16,18,19). The van der Waals surface area contributed by atoms with E-state index in [1.165, 1.54) is 5.56 Å². The van der Waals surface area contributed by atoms with Crippen molar-refractivity contribution in [2.45, 2.75) is 13.8 Å². The van der Waals surface area contributed by atoms with Crippen LogP contribution in [-0.2, 0) is 0 Å². The normalized spacial score (nSPS) is 10.9. The Morgan fingerprint density at radius 3 is 2.74 bits per heavy atom. The van der Waals surface area contributed by atoms with Crippen LogP contribution < -0.4 is 5.32 Å². The van der Waals surface area contributed by atoms with Crippen LogP contribution in [-0.4, -0.2) is 22.0 Å². The number of fused-ring (bicyclic) bond motifs is 1. The number of benzene rings is 1. The fourth-order valence-corrected chi connectivity index (χ4v) is 2.24. The maximum absolute atomic E-state index is 4.53. The molecule has 4 heteroatoms. The van der Waals surface area contributed by atoms with Crippen molar-refractivity contribution in [2.24, 2.45) is 0 Å². The van der Waals surface area contributed by atoms with E-state index in [1.807, 2.05) is 26.2 Å². The second-order valence-electron chi connectivity index (χ2n) is 4.72. The van der Waals surface area contributed by atoms with E-state index in [4.69, 9.17) is 0 Å². The highest BCUT2D eigenvalue weighted by atomic mass is 15.0. The van der Waals surface area contributed by atoms with Crippen LogP contribution in [0.1, 0.15) is 11.3 Å². The summed E-state index contributed by atoms with van der Waals surface area (Å²) in [5.74, 6) is 1.59. The number of hydrogen-bond acceptors (Lipinski definition) is 3. The van der Waals surface area contributed by atoms with Gasteiger partial charge >= 0.3 is 0 Å². The lowest BCUT2D eigenvalue weighted by Gasteiger charge is -2.04. The number of nitrogens with zero attached hydrogens (tertiary/aromatic N) is 2. The zero-order valence-corrected chi connectivity index (χ0v) is 11.3. The molecule has 3 rings (SSSR count). The molecule has 3 aromatic rings. The maximum atomic E-state index is 4.53. The number of H-pyrrole nitrogens is 1. The Morgan fingerprint density at radius 1 is 1.11 bits per heavy atom. The first-order valence-electron chi connectivity index (χ1n) is 6.29. The molecule has 2 N–H and O–H groups in total. The summed E-state index contributed by atoms with van der Waals surface area (Å²) in [6.07, 6.45) is 1.97. The fraction of sp³-hybridized carbons (Fsp3) is 0.200. The fourth-order valence-electron chi connectivity index (χ4n) is 2.24. The van der Waals surface area contributed by atoms with Gasteiger partial charge in [0.15, 0.2) is 5.82 Å². The minimum atomic E-state index is 0.751. The molecule has 0 bridgehead atoms. The Bertz CT molecular complexity index is 743. The van der Waals surface area contributed by atoms with Crippen LogP contribution in [0.25, 0.3) is 22.3 Å². The lowest BCUT2D eigenvalue weighted by molar-refractivity contribution is 1.11. The molecular formula is C15H16N4. The summed E-state index contributed by atoms with van der Waals surface area (Å²) in [6.45, 7) is 4.07. The van der Waals surface area contributed by atoms with Gasteiger partial charge in [0.1, 0.15) is 5.82 Å². The summed E-state index contributed by atoms with van der Waals surface area (Å²) in [7, 11) is 1.87. The predicted octanol–water partition coefficient (Wildman–Crippen LogP) is 3.28. The van der Waals surface area contributed by atoms with Crippen LogP contribution in [0.3, 0.4) is 0 Å². The monoisotopic (exact) mass is 252 g/mol. The van der Waals surface area contributed by atoms with Gasteiger partial charge in [-0.15, -0.1) is 0 Å². The SMILES string of the molecule is CNc1cc(C)nc(-c2c[nH]c3ccc(C)cc23)n1. The Labute approximate surface area is 111 Å². The smallest absolute Gasteiger partial charge is 0.163 e. The largest absolute Gasteiger partial charge is 0.373 e. The molecule has 1 aromatic carbocycles. The van der Waals surface area contributed by atoms with Crippen LogP contribution in [0.4, 0.5) is 5.82 Å². The first kappa shape index (κ1) is 11.7. The summed E-state index contributed by atoms with van der Waals surface area (Å²) < 4.78 is 0. The highest BCUT2D eigenvalue weighted by molar-refractivity contribution is 5.94. The molecule has 0 spiro atoms. The van der Waals surface area contributed by atoms with Gasteiger partial charge in [0.2, 0.25) is 0 Å². The van der Waals surface area contributed by atoms with Crippen LogP contribution in [0.15, 0.2) is 30.5 Å². The van der Waals surface area contributed by atoms with Crippen molar-refractivity contribution in [3.05, 3.63) is 41.7 Å². The molecular weight excluding hydrogens is 236 g/mol. The molecule has 0 atom stereocenters. The molecule has 2 heterocycles. The van der Waals surface area contributed by atoms with E-state index in [0.717, 1.165) is 33.8 Å². The molecule has 0 unspecified atom stereocenters. The summed E-state index contributed by atoms with van der Waals surface area (Å²) in [5, 5.41) is 4.23. The lowest BCUT2D eigenvalue weighted by atomic mass is 10.1. The van der Waals surface area contributed by atoms with E-state index < -0.39 is 0 Å². The predicted molar refractivity (Wildman–Crippen MR) is 78.3 cm³/mol. The van der Waals surface area contributed by atoms with Crippen molar-refractivity contribution in [3.63, 3.8) is 0 Å². The number of rotatable bonds is 2. The van der Waals surface area contributed by atoms with Gasteiger partial charge in [-0.2, -0.15) is 0 Å². The second kappa shape index (κ2) is 4.39. The number of aromatic nitrogens is 3. The van der Waals surface area contributed by atoms with Crippen molar-refractivity contribution >= 4 is 16.7 Å². The van der Waals surface area contributed by atoms with Crippen LogP contribution in [0, 0.1) is 13.8 Å². The highest BCUT2D eigenvalue weighted by Crippen LogP contribution is 2.27. The molecule has 4 nitrogen and oxygen atoms in total. The molecule has 19 heavy (non-hydrogen) atoms. The van der Waals surface area contributed by atoms with E-state index in [1.54, 1.807) is 0 Å². The van der Waals surface area contributed by atoms with E-state index in [-0.39, 0.29) is 0 Å². The molecule has 0 aliphatic rings. The molecule has 0 aliphatic heterocycles. The first-order valence-corrected chi connectivity index (χ1v) is 6.29. The third-order valence-electron chi connectivity index (χ3n) is 3.19. The number of anilines is 1. The minimum absolute atomic E-state index is 0.751. The number of aromatic amines is 1.